The van der Waals surface area contributed by atoms with Gasteiger partial charge in [0, 0.05) is 40.0 Å². The van der Waals surface area contributed by atoms with Gasteiger partial charge in [0.2, 0.25) is 5.82 Å². The minimum absolute atomic E-state index is 0.00467. The van der Waals surface area contributed by atoms with Gasteiger partial charge in [-0.25, -0.2) is 9.37 Å². The largest absolute Gasteiger partial charge is 0.494 e. The fraction of sp³-hybridized carbons (Fsp3) is 0.304. The molecule has 0 fully saturated rings. The van der Waals surface area contributed by atoms with Crippen LogP contribution in [-0.2, 0) is 11.8 Å². The lowest BCUT2D eigenvalue weighted by atomic mass is 9.85. The van der Waals surface area contributed by atoms with Crippen LogP contribution in [-0.4, -0.2) is 45.4 Å². The predicted molar refractivity (Wildman–Crippen MR) is 126 cm³/mol. The van der Waals surface area contributed by atoms with E-state index in [1.165, 1.54) is 29.7 Å². The summed E-state index contributed by atoms with van der Waals surface area (Å²) < 4.78 is 35.1. The van der Waals surface area contributed by atoms with Gasteiger partial charge in [-0.2, -0.15) is 9.07 Å². The molecule has 0 atom stereocenters. The van der Waals surface area contributed by atoms with Gasteiger partial charge >= 0.3 is 0 Å². The molecule has 0 spiro atoms. The molecule has 8 nitrogen and oxygen atoms in total. The van der Waals surface area contributed by atoms with E-state index in [1.54, 1.807) is 17.5 Å². The highest BCUT2D eigenvalue weighted by Gasteiger charge is 2.28. The third kappa shape index (κ3) is 3.70. The van der Waals surface area contributed by atoms with E-state index in [1.807, 2.05) is 6.07 Å². The smallest absolute Gasteiger partial charge is 0.202 e. The maximum atomic E-state index is 14.8. The van der Waals surface area contributed by atoms with Crippen LogP contribution in [0.15, 0.2) is 30.5 Å². The van der Waals surface area contributed by atoms with Crippen LogP contribution in [0.4, 0.5) is 14.6 Å². The molecule has 0 saturated heterocycles. The summed E-state index contributed by atoms with van der Waals surface area (Å²) in [6.45, 7) is 6.29. The summed E-state index contributed by atoms with van der Waals surface area (Å²) in [5.41, 5.74) is 8.59. The Bertz CT molecular complexity index is 1380. The van der Waals surface area contributed by atoms with E-state index in [4.69, 9.17) is 10.5 Å². The zero-order valence-corrected chi connectivity index (χ0v) is 19.7. The van der Waals surface area contributed by atoms with Gasteiger partial charge in [-0.3, -0.25) is 0 Å². The van der Waals surface area contributed by atoms with Gasteiger partial charge < -0.3 is 15.8 Å². The van der Waals surface area contributed by atoms with E-state index in [2.05, 4.69) is 45.7 Å². The summed E-state index contributed by atoms with van der Waals surface area (Å²) in [7, 11) is 1.26. The van der Waals surface area contributed by atoms with Crippen molar-refractivity contribution in [1.29, 1.82) is 0 Å². The first-order valence-corrected chi connectivity index (χ1v) is 11.5. The number of nitrogens with one attached hydrogen (secondary N) is 1. The minimum Gasteiger partial charge on any atom is -0.494 e. The van der Waals surface area contributed by atoms with E-state index >= 15 is 0 Å². The summed E-state index contributed by atoms with van der Waals surface area (Å²) >= 11 is 1.72. The number of anilines is 1. The fourth-order valence-corrected chi connectivity index (χ4v) is 5.50. The number of aromatic nitrogens is 5. The number of methoxy groups -OCH3 is 1. The Balaban J connectivity index is 1.60. The molecule has 0 unspecified atom stereocenters. The van der Waals surface area contributed by atoms with Gasteiger partial charge in [0.1, 0.15) is 11.5 Å². The molecular weight excluding hydrogens is 460 g/mol. The van der Waals surface area contributed by atoms with Crippen LogP contribution in [0.3, 0.4) is 0 Å². The van der Waals surface area contributed by atoms with Crippen LogP contribution < -0.4 is 15.8 Å². The topological polar surface area (TPSA) is 104 Å². The quantitative estimate of drug-likeness (QED) is 0.456. The number of tetrazole rings is 1. The zero-order chi connectivity index (χ0) is 24.0. The second-order valence-corrected chi connectivity index (χ2v) is 9.88. The first-order chi connectivity index (χ1) is 16.3. The van der Waals surface area contributed by atoms with Crippen LogP contribution in [0.25, 0.3) is 27.5 Å². The van der Waals surface area contributed by atoms with Crippen LogP contribution in [0.1, 0.15) is 24.3 Å². The van der Waals surface area contributed by atoms with E-state index in [0.29, 0.717) is 5.56 Å². The molecule has 176 valence electrons. The molecule has 4 aromatic rings. The third-order valence-electron chi connectivity index (χ3n) is 6.02. The first kappa shape index (κ1) is 22.4. The number of nitrogens with two attached hydrogens (primary N) is 1. The number of ether oxygens (including phenoxy) is 1. The molecule has 0 amide bonds. The van der Waals surface area contributed by atoms with Gasteiger partial charge in [0.25, 0.3) is 0 Å². The third-order valence-corrected chi connectivity index (χ3v) is 7.27. The average Bonchev–Trinajstić information content (AvgIpc) is 3.44. The second kappa shape index (κ2) is 8.41. The molecule has 3 aromatic heterocycles. The summed E-state index contributed by atoms with van der Waals surface area (Å²) in [5.74, 6) is -2.14. The Morgan fingerprint density at radius 2 is 2.03 bits per heavy atom. The Morgan fingerprint density at radius 3 is 2.82 bits per heavy atom. The normalized spacial score (nSPS) is 15.1. The second-order valence-electron chi connectivity index (χ2n) is 8.74. The molecule has 5 rings (SSSR count). The summed E-state index contributed by atoms with van der Waals surface area (Å²) in [5, 5.41) is 15.1. The molecule has 34 heavy (non-hydrogen) atoms. The van der Waals surface area contributed by atoms with Crippen molar-refractivity contribution >= 4 is 17.2 Å². The number of rotatable bonds is 4. The number of pyridine rings is 1. The predicted octanol–water partition coefficient (Wildman–Crippen LogP) is 3.75. The van der Waals surface area contributed by atoms with Crippen LogP contribution in [0.2, 0.25) is 0 Å². The van der Waals surface area contributed by atoms with Crippen LogP contribution in [0, 0.1) is 11.6 Å². The van der Waals surface area contributed by atoms with Gasteiger partial charge in [-0.15, -0.1) is 16.4 Å². The molecule has 0 bridgehead atoms. The first-order valence-electron chi connectivity index (χ1n) is 10.7. The van der Waals surface area contributed by atoms with Crippen molar-refractivity contribution in [3.63, 3.8) is 0 Å². The highest BCUT2D eigenvalue weighted by molar-refractivity contribution is 7.15. The maximum Gasteiger partial charge on any atom is 0.202 e. The number of fused-ring (bicyclic) bond motifs is 1. The molecular formula is C23H23F2N7OS. The van der Waals surface area contributed by atoms with Gasteiger partial charge in [0.15, 0.2) is 17.4 Å². The molecule has 1 aliphatic heterocycles. The Morgan fingerprint density at radius 1 is 1.21 bits per heavy atom. The molecule has 4 heterocycles. The Hall–Kier alpha value is -3.44. The maximum absolute atomic E-state index is 14.8. The average molecular weight is 484 g/mol. The molecule has 11 heteroatoms. The van der Waals surface area contributed by atoms with Crippen molar-refractivity contribution in [1.82, 2.24) is 30.5 Å². The zero-order valence-electron chi connectivity index (χ0n) is 18.9. The number of nitrogens with zero attached hydrogens (tertiary/aromatic N) is 5. The highest BCUT2D eigenvalue weighted by atomic mass is 32.1. The van der Waals surface area contributed by atoms with Crippen molar-refractivity contribution in [2.75, 3.05) is 25.9 Å². The number of thiophene rings is 1. The van der Waals surface area contributed by atoms with Crippen molar-refractivity contribution < 1.29 is 13.5 Å². The number of benzene rings is 1. The van der Waals surface area contributed by atoms with Crippen LogP contribution >= 0.6 is 11.3 Å². The summed E-state index contributed by atoms with van der Waals surface area (Å²) in [6, 6.07) is 6.69. The minimum atomic E-state index is -1.13. The number of nitrogen functional groups attached to an aromatic ring is 1. The standard InChI is InChI=1S/C23H23F2N7OS/c1-23(2)11-27-7-6-17-14(23)9-18(34-17)12-8-13(21(26)28-10-12)22-29-30-31-32(22)15-4-5-16(33-3)20(25)19(15)24/h4-5,8-10,27H,6-7,11H2,1-3H3,(H2,26,28). The SMILES string of the molecule is COc1ccc(-n2nnnc2-c2cc(-c3cc4c(s3)CCNCC4(C)C)cnc2N)c(F)c1F. The monoisotopic (exact) mass is 483 g/mol. The van der Waals surface area contributed by atoms with Crippen molar-refractivity contribution in [3.05, 3.63) is 52.5 Å². The van der Waals surface area contributed by atoms with E-state index in [-0.39, 0.29) is 28.5 Å². The number of halogens is 2. The van der Waals surface area contributed by atoms with Crippen LogP contribution in [0.5, 0.6) is 5.75 Å². The summed E-state index contributed by atoms with van der Waals surface area (Å²) in [6.07, 6.45) is 2.66. The molecule has 1 aliphatic rings. The van der Waals surface area contributed by atoms with Gasteiger partial charge in [0.05, 0.1) is 12.7 Å². The fourth-order valence-electron chi connectivity index (χ4n) is 4.18. The Kier molecular flexibility index (Phi) is 5.53. The van der Waals surface area contributed by atoms with E-state index < -0.39 is 11.6 Å². The molecule has 3 N–H and O–H groups in total. The number of hydrogen-bond donors (Lipinski definition) is 2. The molecule has 0 saturated carbocycles. The lowest BCUT2D eigenvalue weighted by molar-refractivity contribution is 0.371. The van der Waals surface area contributed by atoms with Crippen molar-refractivity contribution in [2.45, 2.75) is 25.7 Å². The lowest BCUT2D eigenvalue weighted by Crippen LogP contribution is -2.31. The summed E-state index contributed by atoms with van der Waals surface area (Å²) in [4.78, 5) is 6.74. The number of hydrogen-bond acceptors (Lipinski definition) is 8. The van der Waals surface area contributed by atoms with Gasteiger partial charge in [-0.1, -0.05) is 13.8 Å². The molecule has 0 aliphatic carbocycles. The van der Waals surface area contributed by atoms with Crippen molar-refractivity contribution in [2.24, 2.45) is 0 Å². The Labute approximate surface area is 198 Å². The van der Waals surface area contributed by atoms with Crippen molar-refractivity contribution in [3.8, 4) is 33.3 Å². The van der Waals surface area contributed by atoms with Gasteiger partial charge in [-0.05, 0) is 46.7 Å². The highest BCUT2D eigenvalue weighted by Crippen LogP contribution is 2.40. The molecule has 1 aromatic carbocycles. The lowest BCUT2D eigenvalue weighted by Gasteiger charge is -2.23. The van der Waals surface area contributed by atoms with E-state index in [0.717, 1.165) is 34.6 Å². The molecule has 0 radical (unpaired) electrons. The van der Waals surface area contributed by atoms with E-state index in [9.17, 15) is 8.78 Å².